The van der Waals surface area contributed by atoms with Gasteiger partial charge in [-0.1, -0.05) is 12.1 Å². The molecule has 0 fully saturated rings. The number of primary amides is 1. The number of alkyl halides is 3. The number of carbonyl (C=O) groups excluding carboxylic acids is 1. The lowest BCUT2D eigenvalue weighted by Gasteiger charge is -2.17. The predicted molar refractivity (Wildman–Crippen MR) is 54.1 cm³/mol. The summed E-state index contributed by atoms with van der Waals surface area (Å²) in [6.07, 6.45) is -4.43. The molecule has 1 aromatic carbocycles. The molecule has 0 saturated heterocycles. The summed E-state index contributed by atoms with van der Waals surface area (Å²) in [6.45, 7) is -1.32. The Labute approximate surface area is 95.2 Å². The van der Waals surface area contributed by atoms with E-state index in [9.17, 15) is 18.0 Å². The Bertz CT molecular complexity index is 390. The Kier molecular flexibility index (Phi) is 3.95. The summed E-state index contributed by atoms with van der Waals surface area (Å²) in [5.41, 5.74) is 5.27. The summed E-state index contributed by atoms with van der Waals surface area (Å²) in [5.74, 6) is -0.965. The summed E-state index contributed by atoms with van der Waals surface area (Å²) in [4.78, 5) is 11.0. The monoisotopic (exact) mass is 248 g/mol. The predicted octanol–water partition coefficient (Wildman–Crippen LogP) is 1.07. The van der Waals surface area contributed by atoms with Crippen molar-refractivity contribution in [3.63, 3.8) is 0 Å². The lowest BCUT2D eigenvalue weighted by Crippen LogP contribution is -2.38. The summed E-state index contributed by atoms with van der Waals surface area (Å²) >= 11 is 0. The van der Waals surface area contributed by atoms with Crippen LogP contribution in [0.15, 0.2) is 24.3 Å². The highest BCUT2D eigenvalue weighted by atomic mass is 19.4. The van der Waals surface area contributed by atoms with Gasteiger partial charge in [0.05, 0.1) is 6.54 Å². The largest absolute Gasteiger partial charge is 0.508 e. The van der Waals surface area contributed by atoms with E-state index in [0.29, 0.717) is 0 Å². The summed E-state index contributed by atoms with van der Waals surface area (Å²) < 4.78 is 36.0. The van der Waals surface area contributed by atoms with Crippen LogP contribution in [0.3, 0.4) is 0 Å². The van der Waals surface area contributed by atoms with E-state index in [0.717, 1.165) is 0 Å². The molecule has 1 unspecified atom stereocenters. The number of benzene rings is 1. The van der Waals surface area contributed by atoms with Crippen LogP contribution in [-0.2, 0) is 4.79 Å². The van der Waals surface area contributed by atoms with Gasteiger partial charge in [-0.15, -0.1) is 0 Å². The van der Waals surface area contributed by atoms with Gasteiger partial charge in [-0.25, -0.2) is 0 Å². The van der Waals surface area contributed by atoms with Crippen LogP contribution in [0.2, 0.25) is 0 Å². The molecule has 1 rings (SSSR count). The van der Waals surface area contributed by atoms with Crippen LogP contribution in [0, 0.1) is 0 Å². The Morgan fingerprint density at radius 1 is 1.35 bits per heavy atom. The molecule has 0 spiro atoms. The molecule has 1 amide bonds. The van der Waals surface area contributed by atoms with Gasteiger partial charge in [0.25, 0.3) is 0 Å². The first-order valence-electron chi connectivity index (χ1n) is 4.68. The number of aromatic hydroxyl groups is 1. The SMILES string of the molecule is NC(=O)C(NCC(F)(F)F)c1ccc(O)cc1. The highest BCUT2D eigenvalue weighted by Gasteiger charge is 2.29. The van der Waals surface area contributed by atoms with Crippen molar-refractivity contribution in [1.82, 2.24) is 5.32 Å². The number of phenols is 1. The summed E-state index contributed by atoms with van der Waals surface area (Å²) in [5, 5.41) is 11.0. The molecule has 0 heterocycles. The fourth-order valence-corrected chi connectivity index (χ4v) is 1.27. The molecule has 7 heteroatoms. The number of carbonyl (C=O) groups is 1. The van der Waals surface area contributed by atoms with Crippen LogP contribution in [-0.4, -0.2) is 23.7 Å². The molecule has 1 aromatic rings. The average molecular weight is 248 g/mol. The number of rotatable bonds is 4. The molecule has 0 aromatic heterocycles. The number of nitrogens with one attached hydrogen (secondary N) is 1. The second kappa shape index (κ2) is 5.05. The van der Waals surface area contributed by atoms with E-state index in [1.807, 2.05) is 5.32 Å². The first-order chi connectivity index (χ1) is 7.79. The van der Waals surface area contributed by atoms with Gasteiger partial charge >= 0.3 is 6.18 Å². The number of nitrogens with two attached hydrogens (primary N) is 1. The van der Waals surface area contributed by atoms with Crippen molar-refractivity contribution in [3.05, 3.63) is 29.8 Å². The third-order valence-electron chi connectivity index (χ3n) is 2.02. The zero-order valence-electron chi connectivity index (χ0n) is 8.66. The first-order valence-corrected chi connectivity index (χ1v) is 4.68. The van der Waals surface area contributed by atoms with Gasteiger partial charge in [-0.3, -0.25) is 10.1 Å². The topological polar surface area (TPSA) is 75.4 Å². The molecule has 0 aliphatic heterocycles. The van der Waals surface area contributed by atoms with Gasteiger partial charge in [0.15, 0.2) is 0 Å². The molecule has 0 radical (unpaired) electrons. The highest BCUT2D eigenvalue weighted by molar-refractivity contribution is 5.81. The normalized spacial score (nSPS) is 13.4. The molecule has 94 valence electrons. The number of phenolic OH excluding ortho intramolecular Hbond substituents is 1. The fraction of sp³-hybridized carbons (Fsp3) is 0.300. The van der Waals surface area contributed by atoms with Crippen molar-refractivity contribution >= 4 is 5.91 Å². The molecule has 17 heavy (non-hydrogen) atoms. The number of hydrogen-bond acceptors (Lipinski definition) is 3. The molecule has 0 bridgehead atoms. The quantitative estimate of drug-likeness (QED) is 0.746. The van der Waals surface area contributed by atoms with Crippen LogP contribution >= 0.6 is 0 Å². The molecular formula is C10H11F3N2O2. The maximum Gasteiger partial charge on any atom is 0.401 e. The van der Waals surface area contributed by atoms with Crippen molar-refractivity contribution in [1.29, 1.82) is 0 Å². The number of halogens is 3. The molecule has 0 aliphatic carbocycles. The maximum absolute atomic E-state index is 12.0. The lowest BCUT2D eigenvalue weighted by atomic mass is 10.1. The van der Waals surface area contributed by atoms with Crippen LogP contribution in [0.25, 0.3) is 0 Å². The second-order valence-corrected chi connectivity index (χ2v) is 3.42. The first kappa shape index (κ1) is 13.3. The molecule has 0 aliphatic rings. The Morgan fingerprint density at radius 2 is 1.88 bits per heavy atom. The highest BCUT2D eigenvalue weighted by Crippen LogP contribution is 2.19. The van der Waals surface area contributed by atoms with Crippen molar-refractivity contribution < 1.29 is 23.1 Å². The third-order valence-corrected chi connectivity index (χ3v) is 2.02. The van der Waals surface area contributed by atoms with Crippen molar-refractivity contribution in [2.24, 2.45) is 5.73 Å². The van der Waals surface area contributed by atoms with Crippen LogP contribution in [0.1, 0.15) is 11.6 Å². The van der Waals surface area contributed by atoms with Crippen molar-refractivity contribution in [2.45, 2.75) is 12.2 Å². The van der Waals surface area contributed by atoms with Gasteiger partial charge in [0.2, 0.25) is 5.91 Å². The molecule has 4 nitrogen and oxygen atoms in total. The Hall–Kier alpha value is -1.76. The smallest absolute Gasteiger partial charge is 0.401 e. The van der Waals surface area contributed by atoms with E-state index in [1.165, 1.54) is 24.3 Å². The molecule has 1 atom stereocenters. The summed E-state index contributed by atoms with van der Waals surface area (Å²) in [6, 6.07) is 3.95. The molecule has 4 N–H and O–H groups in total. The minimum atomic E-state index is -4.43. The zero-order valence-corrected chi connectivity index (χ0v) is 8.66. The van der Waals surface area contributed by atoms with Crippen LogP contribution in [0.4, 0.5) is 13.2 Å². The molecular weight excluding hydrogens is 237 g/mol. The van der Waals surface area contributed by atoms with Gasteiger partial charge in [-0.05, 0) is 17.7 Å². The van der Waals surface area contributed by atoms with E-state index in [2.05, 4.69) is 0 Å². The van der Waals surface area contributed by atoms with Crippen molar-refractivity contribution in [3.8, 4) is 5.75 Å². The maximum atomic E-state index is 12.0. The third kappa shape index (κ3) is 4.31. The van der Waals surface area contributed by atoms with E-state index in [1.54, 1.807) is 0 Å². The number of hydrogen-bond donors (Lipinski definition) is 3. The fourth-order valence-electron chi connectivity index (χ4n) is 1.27. The number of amides is 1. The van der Waals surface area contributed by atoms with Gasteiger partial charge in [0, 0.05) is 0 Å². The van der Waals surface area contributed by atoms with Gasteiger partial charge in [0.1, 0.15) is 11.8 Å². The van der Waals surface area contributed by atoms with Gasteiger partial charge in [-0.2, -0.15) is 13.2 Å². The molecule has 0 saturated carbocycles. The lowest BCUT2D eigenvalue weighted by molar-refractivity contribution is -0.130. The summed E-state index contributed by atoms with van der Waals surface area (Å²) in [7, 11) is 0. The second-order valence-electron chi connectivity index (χ2n) is 3.42. The van der Waals surface area contributed by atoms with Crippen LogP contribution in [0.5, 0.6) is 5.75 Å². The standard InChI is InChI=1S/C10H11F3N2O2/c11-10(12,13)5-15-8(9(14)17)6-1-3-7(16)4-2-6/h1-4,8,15-16H,5H2,(H2,14,17). The van der Waals surface area contributed by atoms with E-state index in [4.69, 9.17) is 10.8 Å². The van der Waals surface area contributed by atoms with E-state index >= 15 is 0 Å². The van der Waals surface area contributed by atoms with E-state index < -0.39 is 24.7 Å². The van der Waals surface area contributed by atoms with Crippen molar-refractivity contribution in [2.75, 3.05) is 6.54 Å². The van der Waals surface area contributed by atoms with Crippen LogP contribution < -0.4 is 11.1 Å². The minimum Gasteiger partial charge on any atom is -0.508 e. The van der Waals surface area contributed by atoms with Gasteiger partial charge < -0.3 is 10.8 Å². The van der Waals surface area contributed by atoms with E-state index in [-0.39, 0.29) is 11.3 Å². The average Bonchev–Trinajstić information content (AvgIpc) is 2.18. The zero-order chi connectivity index (χ0) is 13.1. The Morgan fingerprint density at radius 3 is 2.29 bits per heavy atom. The minimum absolute atomic E-state index is 0.0483. The Balaban J connectivity index is 2.79.